The molecule has 0 fully saturated rings. The van der Waals surface area contributed by atoms with Crippen molar-refractivity contribution >= 4 is 11.6 Å². The minimum atomic E-state index is -0.301. The second-order valence-corrected chi connectivity index (χ2v) is 4.88. The van der Waals surface area contributed by atoms with Gasteiger partial charge in [-0.3, -0.25) is 4.90 Å². The third-order valence-corrected chi connectivity index (χ3v) is 3.38. The Morgan fingerprint density at radius 1 is 1.25 bits per heavy atom. The van der Waals surface area contributed by atoms with Gasteiger partial charge in [-0.2, -0.15) is 0 Å². The van der Waals surface area contributed by atoms with Gasteiger partial charge in [0.15, 0.2) is 0 Å². The van der Waals surface area contributed by atoms with Crippen LogP contribution in [0.25, 0.3) is 0 Å². The van der Waals surface area contributed by atoms with Crippen molar-refractivity contribution in [1.29, 1.82) is 0 Å². The number of hydrogen-bond donors (Lipinski definition) is 1. The van der Waals surface area contributed by atoms with Crippen LogP contribution in [0.2, 0.25) is 5.02 Å². The van der Waals surface area contributed by atoms with E-state index in [2.05, 4.69) is 0 Å². The Balaban J connectivity index is 2.94. The van der Waals surface area contributed by atoms with Crippen LogP contribution in [0.1, 0.15) is 11.6 Å². The molecule has 0 aliphatic carbocycles. The average Bonchev–Trinajstić information content (AvgIpc) is 2.45. The zero-order valence-electron chi connectivity index (χ0n) is 11.9. The highest BCUT2D eigenvalue weighted by Crippen LogP contribution is 2.25. The molecule has 0 saturated carbocycles. The second-order valence-electron chi connectivity index (χ2n) is 4.44. The molecule has 1 aromatic carbocycles. The molecule has 20 heavy (non-hydrogen) atoms. The fourth-order valence-corrected chi connectivity index (χ4v) is 2.26. The van der Waals surface area contributed by atoms with E-state index in [0.29, 0.717) is 43.4 Å². The fraction of sp³-hybridized carbons (Fsp3) is 0.571. The number of rotatable bonds is 9. The van der Waals surface area contributed by atoms with Gasteiger partial charge in [0.2, 0.25) is 0 Å². The molecule has 114 valence electrons. The maximum atomic E-state index is 14.0. The molecule has 0 spiro atoms. The summed E-state index contributed by atoms with van der Waals surface area (Å²) in [6, 6.07) is 4.27. The second kappa shape index (κ2) is 9.26. The largest absolute Gasteiger partial charge is 0.383 e. The molecule has 0 saturated heterocycles. The Bertz CT molecular complexity index is 399. The smallest absolute Gasteiger partial charge is 0.128 e. The van der Waals surface area contributed by atoms with Crippen LogP contribution in [-0.2, 0) is 9.47 Å². The Kier molecular flexibility index (Phi) is 8.02. The van der Waals surface area contributed by atoms with Gasteiger partial charge in [0, 0.05) is 44.4 Å². The summed E-state index contributed by atoms with van der Waals surface area (Å²) in [6.07, 6.45) is 0. The third-order valence-electron chi connectivity index (χ3n) is 3.15. The highest BCUT2D eigenvalue weighted by Gasteiger charge is 2.22. The molecule has 0 aromatic heterocycles. The van der Waals surface area contributed by atoms with Crippen LogP contribution in [-0.4, -0.2) is 52.0 Å². The molecule has 2 N–H and O–H groups in total. The topological polar surface area (TPSA) is 47.7 Å². The predicted octanol–water partition coefficient (Wildman–Crippen LogP) is 2.07. The van der Waals surface area contributed by atoms with Crippen molar-refractivity contribution in [2.45, 2.75) is 6.04 Å². The molecule has 0 amide bonds. The minimum absolute atomic E-state index is 0.251. The van der Waals surface area contributed by atoms with Crippen LogP contribution in [0.15, 0.2) is 18.2 Å². The van der Waals surface area contributed by atoms with E-state index < -0.39 is 0 Å². The Morgan fingerprint density at radius 3 is 2.35 bits per heavy atom. The van der Waals surface area contributed by atoms with Crippen molar-refractivity contribution in [3.05, 3.63) is 34.6 Å². The normalized spacial score (nSPS) is 12.9. The van der Waals surface area contributed by atoms with E-state index in [1.807, 2.05) is 4.90 Å². The van der Waals surface area contributed by atoms with Gasteiger partial charge in [-0.15, -0.1) is 0 Å². The quantitative estimate of drug-likeness (QED) is 0.759. The first-order chi connectivity index (χ1) is 9.63. The molecule has 0 aliphatic rings. The summed E-state index contributed by atoms with van der Waals surface area (Å²) >= 11 is 5.96. The molecule has 6 heteroatoms. The first-order valence-electron chi connectivity index (χ1n) is 6.51. The van der Waals surface area contributed by atoms with Gasteiger partial charge in [-0.05, 0) is 18.2 Å². The van der Waals surface area contributed by atoms with Gasteiger partial charge >= 0.3 is 0 Å². The van der Waals surface area contributed by atoms with Crippen molar-refractivity contribution in [1.82, 2.24) is 4.90 Å². The first kappa shape index (κ1) is 17.3. The van der Waals surface area contributed by atoms with E-state index in [0.717, 1.165) is 0 Å². The fourth-order valence-electron chi connectivity index (χ4n) is 2.08. The molecule has 4 nitrogen and oxygen atoms in total. The minimum Gasteiger partial charge on any atom is -0.383 e. The van der Waals surface area contributed by atoms with E-state index in [1.54, 1.807) is 20.3 Å². The number of nitrogens with two attached hydrogens (primary N) is 1. The number of methoxy groups -OCH3 is 2. The van der Waals surface area contributed by atoms with Crippen LogP contribution in [0.5, 0.6) is 0 Å². The Labute approximate surface area is 124 Å². The Hall–Kier alpha value is -0.720. The zero-order chi connectivity index (χ0) is 15.0. The van der Waals surface area contributed by atoms with E-state index in [1.165, 1.54) is 12.1 Å². The lowest BCUT2D eigenvalue weighted by Gasteiger charge is -2.31. The predicted molar refractivity (Wildman–Crippen MR) is 78.5 cm³/mol. The van der Waals surface area contributed by atoms with Crippen molar-refractivity contribution in [3.63, 3.8) is 0 Å². The van der Waals surface area contributed by atoms with Crippen molar-refractivity contribution in [2.75, 3.05) is 47.1 Å². The number of halogens is 2. The van der Waals surface area contributed by atoms with Crippen LogP contribution in [0.3, 0.4) is 0 Å². The van der Waals surface area contributed by atoms with E-state index in [9.17, 15) is 4.39 Å². The van der Waals surface area contributed by atoms with Crippen LogP contribution in [0, 0.1) is 5.82 Å². The zero-order valence-corrected chi connectivity index (χ0v) is 12.7. The summed E-state index contributed by atoms with van der Waals surface area (Å²) in [5, 5.41) is 0.498. The molecular formula is C14H22ClFN2O2. The molecule has 1 unspecified atom stereocenters. The van der Waals surface area contributed by atoms with Crippen LogP contribution >= 0.6 is 11.6 Å². The molecule has 0 aliphatic heterocycles. The standard InChI is InChI=1S/C14H22ClFN2O2/c1-19-7-5-18(6-8-20-2)14(10-17)12-9-11(15)3-4-13(12)16/h3-4,9,14H,5-8,10,17H2,1-2H3. The summed E-state index contributed by atoms with van der Waals surface area (Å²) in [6.45, 7) is 2.68. The van der Waals surface area contributed by atoms with E-state index >= 15 is 0 Å². The monoisotopic (exact) mass is 304 g/mol. The molecule has 0 heterocycles. The average molecular weight is 305 g/mol. The number of hydrogen-bond acceptors (Lipinski definition) is 4. The Morgan fingerprint density at radius 2 is 1.85 bits per heavy atom. The van der Waals surface area contributed by atoms with Gasteiger partial charge < -0.3 is 15.2 Å². The van der Waals surface area contributed by atoms with Crippen LogP contribution in [0.4, 0.5) is 4.39 Å². The maximum absolute atomic E-state index is 14.0. The van der Waals surface area contributed by atoms with Gasteiger partial charge in [0.1, 0.15) is 5.82 Å². The molecule has 0 bridgehead atoms. The molecule has 1 rings (SSSR count). The summed E-state index contributed by atoms with van der Waals surface area (Å²) in [5.74, 6) is -0.301. The highest BCUT2D eigenvalue weighted by atomic mass is 35.5. The van der Waals surface area contributed by atoms with Gasteiger partial charge in [-0.1, -0.05) is 11.6 Å². The van der Waals surface area contributed by atoms with Gasteiger partial charge in [0.05, 0.1) is 19.3 Å². The van der Waals surface area contributed by atoms with Crippen molar-refractivity contribution in [2.24, 2.45) is 5.73 Å². The molecule has 1 atom stereocenters. The number of ether oxygens (including phenoxy) is 2. The van der Waals surface area contributed by atoms with Gasteiger partial charge in [-0.25, -0.2) is 4.39 Å². The number of nitrogens with zero attached hydrogens (tertiary/aromatic N) is 1. The molecular weight excluding hydrogens is 283 g/mol. The number of benzene rings is 1. The summed E-state index contributed by atoms with van der Waals surface area (Å²) in [4.78, 5) is 2.04. The summed E-state index contributed by atoms with van der Waals surface area (Å²) in [5.41, 5.74) is 6.34. The van der Waals surface area contributed by atoms with Crippen LogP contribution < -0.4 is 5.73 Å². The van der Waals surface area contributed by atoms with Crippen molar-refractivity contribution in [3.8, 4) is 0 Å². The third kappa shape index (κ3) is 5.00. The summed E-state index contributed by atoms with van der Waals surface area (Å²) < 4.78 is 24.2. The molecule has 1 aromatic rings. The maximum Gasteiger partial charge on any atom is 0.128 e. The van der Waals surface area contributed by atoms with E-state index in [-0.39, 0.29) is 11.9 Å². The molecule has 0 radical (unpaired) electrons. The van der Waals surface area contributed by atoms with Crippen molar-refractivity contribution < 1.29 is 13.9 Å². The lowest BCUT2D eigenvalue weighted by atomic mass is 10.0. The lowest BCUT2D eigenvalue weighted by Crippen LogP contribution is -2.38. The SMILES string of the molecule is COCCN(CCOC)C(CN)c1cc(Cl)ccc1F. The van der Waals surface area contributed by atoms with E-state index in [4.69, 9.17) is 26.8 Å². The van der Waals surface area contributed by atoms with Gasteiger partial charge in [0.25, 0.3) is 0 Å². The first-order valence-corrected chi connectivity index (χ1v) is 6.88. The highest BCUT2D eigenvalue weighted by molar-refractivity contribution is 6.30. The summed E-state index contributed by atoms with van der Waals surface area (Å²) in [7, 11) is 3.26. The lowest BCUT2D eigenvalue weighted by molar-refractivity contribution is 0.0880.